The lowest BCUT2D eigenvalue weighted by molar-refractivity contribution is 0.0697. The van der Waals surface area contributed by atoms with Crippen LogP contribution in [0.25, 0.3) is 10.8 Å². The average Bonchev–Trinajstić information content (AvgIpc) is 2.54. The van der Waals surface area contributed by atoms with Crippen molar-refractivity contribution in [3.63, 3.8) is 0 Å². The second-order valence-corrected chi connectivity index (χ2v) is 8.00. The third-order valence-corrected chi connectivity index (χ3v) is 5.27. The first kappa shape index (κ1) is 16.7. The van der Waals surface area contributed by atoms with E-state index in [1.165, 1.54) is 25.7 Å². The van der Waals surface area contributed by atoms with Crippen LogP contribution in [0.1, 0.15) is 56.8 Å². The highest BCUT2D eigenvalue weighted by molar-refractivity contribution is 5.94. The maximum Gasteiger partial charge on any atom is 0.335 e. The Morgan fingerprint density at radius 1 is 1.12 bits per heavy atom. The zero-order valence-corrected chi connectivity index (χ0v) is 14.7. The molecule has 0 saturated heterocycles. The summed E-state index contributed by atoms with van der Waals surface area (Å²) in [6, 6.07) is 7.65. The summed E-state index contributed by atoms with van der Waals surface area (Å²) in [5.41, 5.74) is 0.694. The van der Waals surface area contributed by atoms with Gasteiger partial charge in [0.15, 0.2) is 0 Å². The third-order valence-electron chi connectivity index (χ3n) is 5.27. The number of carboxylic acid groups (broad SMARTS) is 1. The molecule has 1 aliphatic rings. The van der Waals surface area contributed by atoms with E-state index in [9.17, 15) is 4.79 Å². The average molecular weight is 326 g/mol. The summed E-state index contributed by atoms with van der Waals surface area (Å²) in [6.07, 6.45) is 6.64. The van der Waals surface area contributed by atoms with Gasteiger partial charge in [-0.3, -0.25) is 0 Å². The summed E-state index contributed by atoms with van der Waals surface area (Å²) < 4.78 is 0. The monoisotopic (exact) mass is 326 g/mol. The number of nitrogens with one attached hydrogen (secondary N) is 1. The molecule has 1 saturated carbocycles. The molecular weight excluding hydrogens is 300 g/mol. The van der Waals surface area contributed by atoms with Gasteiger partial charge in [-0.2, -0.15) is 0 Å². The maximum atomic E-state index is 11.0. The van der Waals surface area contributed by atoms with Crippen molar-refractivity contribution in [3.05, 3.63) is 36.0 Å². The lowest BCUT2D eigenvalue weighted by Gasteiger charge is -2.37. The number of nitrogens with zero attached hydrogens (tertiary/aromatic N) is 1. The zero-order valence-electron chi connectivity index (χ0n) is 14.7. The number of hydrogen-bond acceptors (Lipinski definition) is 3. The summed E-state index contributed by atoms with van der Waals surface area (Å²) in [5.74, 6) is 0.772. The SMILES string of the molecule is CC(C)(C)C1CCC(Nc2cc3ccc(C(=O)O)cc3cn2)CC1. The van der Waals surface area contributed by atoms with Gasteiger partial charge in [-0.15, -0.1) is 0 Å². The number of pyridine rings is 1. The van der Waals surface area contributed by atoms with Gasteiger partial charge in [0.25, 0.3) is 0 Å². The molecule has 1 aromatic heterocycles. The van der Waals surface area contributed by atoms with Crippen molar-refractivity contribution in [3.8, 4) is 0 Å². The normalized spacial score (nSPS) is 21.6. The van der Waals surface area contributed by atoms with Gasteiger partial charge in [-0.25, -0.2) is 9.78 Å². The number of aromatic nitrogens is 1. The van der Waals surface area contributed by atoms with E-state index in [2.05, 4.69) is 31.1 Å². The van der Waals surface area contributed by atoms with Gasteiger partial charge in [-0.1, -0.05) is 26.8 Å². The number of fused-ring (bicyclic) bond motifs is 1. The number of rotatable bonds is 3. The molecule has 24 heavy (non-hydrogen) atoms. The Morgan fingerprint density at radius 2 is 1.83 bits per heavy atom. The fourth-order valence-electron chi connectivity index (χ4n) is 3.67. The Kier molecular flexibility index (Phi) is 4.48. The molecule has 2 N–H and O–H groups in total. The number of anilines is 1. The topological polar surface area (TPSA) is 62.2 Å². The summed E-state index contributed by atoms with van der Waals surface area (Å²) in [7, 11) is 0. The van der Waals surface area contributed by atoms with Crippen molar-refractivity contribution in [1.29, 1.82) is 0 Å². The molecule has 0 bridgehead atoms. The van der Waals surface area contributed by atoms with E-state index >= 15 is 0 Å². The van der Waals surface area contributed by atoms with Crippen LogP contribution in [0.5, 0.6) is 0 Å². The molecule has 3 rings (SSSR count). The van der Waals surface area contributed by atoms with Crippen molar-refractivity contribution >= 4 is 22.6 Å². The molecule has 0 spiro atoms. The van der Waals surface area contributed by atoms with E-state index in [0.717, 1.165) is 22.5 Å². The van der Waals surface area contributed by atoms with E-state index in [4.69, 9.17) is 5.11 Å². The molecule has 1 fully saturated rings. The van der Waals surface area contributed by atoms with Crippen LogP contribution in [0.15, 0.2) is 30.5 Å². The Morgan fingerprint density at radius 3 is 2.46 bits per heavy atom. The van der Waals surface area contributed by atoms with E-state index < -0.39 is 5.97 Å². The fourth-order valence-corrected chi connectivity index (χ4v) is 3.67. The minimum Gasteiger partial charge on any atom is -0.478 e. The largest absolute Gasteiger partial charge is 0.478 e. The first-order chi connectivity index (χ1) is 11.3. The molecule has 4 nitrogen and oxygen atoms in total. The smallest absolute Gasteiger partial charge is 0.335 e. The van der Waals surface area contributed by atoms with Gasteiger partial charge in [0.1, 0.15) is 5.82 Å². The van der Waals surface area contributed by atoms with Crippen LogP contribution in [0.3, 0.4) is 0 Å². The summed E-state index contributed by atoms with van der Waals surface area (Å²) in [6.45, 7) is 7.01. The Hall–Kier alpha value is -2.10. The Bertz CT molecular complexity index is 741. The van der Waals surface area contributed by atoms with E-state index in [1.54, 1.807) is 18.3 Å². The Balaban J connectivity index is 1.68. The summed E-state index contributed by atoms with van der Waals surface area (Å²) in [5, 5.41) is 14.5. The molecule has 0 aliphatic heterocycles. The first-order valence-corrected chi connectivity index (χ1v) is 8.72. The van der Waals surface area contributed by atoms with Gasteiger partial charge >= 0.3 is 5.97 Å². The minimum atomic E-state index is -0.908. The highest BCUT2D eigenvalue weighted by atomic mass is 16.4. The lowest BCUT2D eigenvalue weighted by atomic mass is 9.71. The standard InChI is InChI=1S/C20H26N2O2/c1-20(2,3)16-6-8-17(9-7-16)22-18-11-13-4-5-14(19(23)24)10-15(13)12-21-18/h4-5,10-12,16-17H,6-9H2,1-3H3,(H,21,22)(H,23,24). The highest BCUT2D eigenvalue weighted by Crippen LogP contribution is 2.38. The number of hydrogen-bond donors (Lipinski definition) is 2. The number of carboxylic acids is 1. The lowest BCUT2D eigenvalue weighted by Crippen LogP contribution is -2.31. The fraction of sp³-hybridized carbons (Fsp3) is 0.500. The van der Waals surface area contributed by atoms with Crippen molar-refractivity contribution in [2.45, 2.75) is 52.5 Å². The van der Waals surface area contributed by atoms with Crippen LogP contribution in [0.4, 0.5) is 5.82 Å². The molecule has 0 radical (unpaired) electrons. The van der Waals surface area contributed by atoms with Crippen molar-refractivity contribution in [1.82, 2.24) is 4.98 Å². The van der Waals surface area contributed by atoms with Crippen molar-refractivity contribution in [2.75, 3.05) is 5.32 Å². The van der Waals surface area contributed by atoms with Gasteiger partial charge in [0.05, 0.1) is 5.56 Å². The molecule has 1 aliphatic carbocycles. The van der Waals surface area contributed by atoms with Crippen LogP contribution in [-0.4, -0.2) is 22.1 Å². The van der Waals surface area contributed by atoms with E-state index in [0.29, 0.717) is 17.0 Å². The van der Waals surface area contributed by atoms with E-state index in [-0.39, 0.29) is 0 Å². The van der Waals surface area contributed by atoms with Crippen LogP contribution in [-0.2, 0) is 0 Å². The zero-order chi connectivity index (χ0) is 17.3. The Labute approximate surface area is 143 Å². The molecule has 4 heteroatoms. The number of benzene rings is 1. The molecule has 128 valence electrons. The predicted molar refractivity (Wildman–Crippen MR) is 97.5 cm³/mol. The minimum absolute atomic E-state index is 0.297. The van der Waals surface area contributed by atoms with E-state index in [1.807, 2.05) is 12.1 Å². The van der Waals surface area contributed by atoms with Gasteiger partial charge < -0.3 is 10.4 Å². The second kappa shape index (κ2) is 6.42. The predicted octanol–water partition coefficient (Wildman–Crippen LogP) is 4.95. The molecule has 1 heterocycles. The number of carbonyl (C=O) groups is 1. The molecule has 1 aromatic carbocycles. The van der Waals surface area contributed by atoms with Crippen LogP contribution >= 0.6 is 0 Å². The van der Waals surface area contributed by atoms with Gasteiger partial charge in [-0.05, 0) is 60.6 Å². The molecule has 0 unspecified atom stereocenters. The highest BCUT2D eigenvalue weighted by Gasteiger charge is 2.29. The molecule has 0 atom stereocenters. The summed E-state index contributed by atoms with van der Waals surface area (Å²) >= 11 is 0. The van der Waals surface area contributed by atoms with Crippen LogP contribution < -0.4 is 5.32 Å². The first-order valence-electron chi connectivity index (χ1n) is 8.72. The molecule has 2 aromatic rings. The maximum absolute atomic E-state index is 11.0. The second-order valence-electron chi connectivity index (χ2n) is 8.00. The van der Waals surface area contributed by atoms with Crippen LogP contribution in [0, 0.1) is 11.3 Å². The van der Waals surface area contributed by atoms with Crippen molar-refractivity contribution < 1.29 is 9.90 Å². The third kappa shape index (κ3) is 3.69. The summed E-state index contributed by atoms with van der Waals surface area (Å²) in [4.78, 5) is 15.5. The molecule has 0 amide bonds. The molecular formula is C20H26N2O2. The quantitative estimate of drug-likeness (QED) is 0.837. The van der Waals surface area contributed by atoms with Gasteiger partial charge in [0.2, 0.25) is 0 Å². The van der Waals surface area contributed by atoms with Crippen molar-refractivity contribution in [2.24, 2.45) is 11.3 Å². The van der Waals surface area contributed by atoms with Gasteiger partial charge in [0, 0.05) is 17.6 Å². The van der Waals surface area contributed by atoms with Crippen LogP contribution in [0.2, 0.25) is 0 Å². The number of aromatic carboxylic acids is 1.